The van der Waals surface area contributed by atoms with Gasteiger partial charge in [-0.05, 0) is 39.2 Å². The molecule has 0 saturated carbocycles. The van der Waals surface area contributed by atoms with Crippen molar-refractivity contribution in [1.29, 1.82) is 0 Å². The summed E-state index contributed by atoms with van der Waals surface area (Å²) in [5, 5.41) is 12.6. The lowest BCUT2D eigenvalue weighted by atomic mass is 9.94. The molecular weight excluding hydrogens is 210 g/mol. The Balaban J connectivity index is 2.65. The Hall–Kier alpha value is -0.860. The molecule has 0 aromatic heterocycles. The van der Waals surface area contributed by atoms with E-state index >= 15 is 0 Å². The van der Waals surface area contributed by atoms with Gasteiger partial charge < -0.3 is 10.4 Å². The van der Waals surface area contributed by atoms with E-state index in [1.54, 1.807) is 0 Å². The predicted octanol–water partition coefficient (Wildman–Crippen LogP) is 2.94. The molecule has 0 heterocycles. The summed E-state index contributed by atoms with van der Waals surface area (Å²) in [7, 11) is 0. The zero-order chi connectivity index (χ0) is 12.9. The fourth-order valence-electron chi connectivity index (χ4n) is 2.12. The quantitative estimate of drug-likeness (QED) is 0.794. The maximum Gasteiger partial charge on any atom is 0.0448 e. The Bertz CT molecular complexity index is 342. The van der Waals surface area contributed by atoms with E-state index in [-0.39, 0.29) is 12.1 Å². The molecule has 0 aliphatic rings. The van der Waals surface area contributed by atoms with Gasteiger partial charge in [0.05, 0.1) is 0 Å². The highest BCUT2D eigenvalue weighted by Gasteiger charge is 2.20. The van der Waals surface area contributed by atoms with Gasteiger partial charge in [0, 0.05) is 18.7 Å². The van der Waals surface area contributed by atoms with Crippen LogP contribution in [0.1, 0.15) is 43.4 Å². The summed E-state index contributed by atoms with van der Waals surface area (Å²) in [6.45, 7) is 9.69. The Morgan fingerprint density at radius 1 is 1.18 bits per heavy atom. The van der Waals surface area contributed by atoms with Crippen LogP contribution < -0.4 is 5.32 Å². The molecule has 0 aliphatic carbocycles. The molecule has 1 atom stereocenters. The summed E-state index contributed by atoms with van der Waals surface area (Å²) in [6.07, 6.45) is 1.83. The smallest absolute Gasteiger partial charge is 0.0448 e. The second-order valence-electron chi connectivity index (χ2n) is 5.24. The van der Waals surface area contributed by atoms with Crippen LogP contribution in [0, 0.1) is 13.8 Å². The maximum atomic E-state index is 9.08. The summed E-state index contributed by atoms with van der Waals surface area (Å²) < 4.78 is 0. The first-order chi connectivity index (χ1) is 7.99. The van der Waals surface area contributed by atoms with E-state index < -0.39 is 0 Å². The lowest BCUT2D eigenvalue weighted by Crippen LogP contribution is -2.42. The fraction of sp³-hybridized carbons (Fsp3) is 0.600. The van der Waals surface area contributed by atoms with Gasteiger partial charge in [0.25, 0.3) is 0 Å². The Labute approximate surface area is 105 Å². The van der Waals surface area contributed by atoms with Crippen molar-refractivity contribution in [3.63, 3.8) is 0 Å². The van der Waals surface area contributed by atoms with Crippen LogP contribution in [0.3, 0.4) is 0 Å². The standard InChI is InChI=1S/C15H25NO/c1-5-15(4,6-7-17)16-11-14-9-12(2)8-13(3)10-14/h8-10,16-17H,5-7,11H2,1-4H3. The van der Waals surface area contributed by atoms with Gasteiger partial charge in [-0.3, -0.25) is 0 Å². The van der Waals surface area contributed by atoms with Gasteiger partial charge in [0.2, 0.25) is 0 Å². The van der Waals surface area contributed by atoms with E-state index in [2.05, 4.69) is 51.2 Å². The molecule has 1 unspecified atom stereocenters. The molecule has 1 rings (SSSR count). The highest BCUT2D eigenvalue weighted by atomic mass is 16.3. The summed E-state index contributed by atoms with van der Waals surface area (Å²) in [4.78, 5) is 0. The average molecular weight is 235 g/mol. The zero-order valence-corrected chi connectivity index (χ0v) is 11.5. The van der Waals surface area contributed by atoms with E-state index in [0.717, 1.165) is 19.4 Å². The lowest BCUT2D eigenvalue weighted by molar-refractivity contribution is 0.214. The van der Waals surface area contributed by atoms with Crippen molar-refractivity contribution in [2.45, 2.75) is 52.6 Å². The molecule has 0 saturated heterocycles. The van der Waals surface area contributed by atoms with Gasteiger partial charge >= 0.3 is 0 Å². The highest BCUT2D eigenvalue weighted by molar-refractivity contribution is 5.28. The van der Waals surface area contributed by atoms with Crippen LogP contribution >= 0.6 is 0 Å². The van der Waals surface area contributed by atoms with Crippen molar-refractivity contribution in [1.82, 2.24) is 5.32 Å². The number of benzene rings is 1. The van der Waals surface area contributed by atoms with Crippen LogP contribution in [0.25, 0.3) is 0 Å². The van der Waals surface area contributed by atoms with E-state index in [1.165, 1.54) is 16.7 Å². The van der Waals surface area contributed by atoms with Crippen LogP contribution in [0.5, 0.6) is 0 Å². The highest BCUT2D eigenvalue weighted by Crippen LogP contribution is 2.16. The second-order valence-corrected chi connectivity index (χ2v) is 5.24. The van der Waals surface area contributed by atoms with Crippen LogP contribution in [-0.4, -0.2) is 17.3 Å². The molecule has 2 N–H and O–H groups in total. The van der Waals surface area contributed by atoms with Crippen molar-refractivity contribution in [3.8, 4) is 0 Å². The molecule has 2 heteroatoms. The topological polar surface area (TPSA) is 32.3 Å². The SMILES string of the molecule is CCC(C)(CCO)NCc1cc(C)cc(C)c1. The minimum Gasteiger partial charge on any atom is -0.396 e. The first-order valence-corrected chi connectivity index (χ1v) is 6.42. The molecule has 0 fully saturated rings. The molecule has 96 valence electrons. The molecular formula is C15H25NO. The molecule has 0 bridgehead atoms. The largest absolute Gasteiger partial charge is 0.396 e. The number of hydrogen-bond acceptors (Lipinski definition) is 2. The van der Waals surface area contributed by atoms with Crippen molar-refractivity contribution < 1.29 is 5.11 Å². The molecule has 17 heavy (non-hydrogen) atoms. The van der Waals surface area contributed by atoms with Crippen LogP contribution in [0.2, 0.25) is 0 Å². The van der Waals surface area contributed by atoms with E-state index in [0.29, 0.717) is 0 Å². The fourth-order valence-corrected chi connectivity index (χ4v) is 2.12. The monoisotopic (exact) mass is 235 g/mol. The third-order valence-corrected chi connectivity index (χ3v) is 3.44. The van der Waals surface area contributed by atoms with E-state index in [4.69, 9.17) is 5.11 Å². The van der Waals surface area contributed by atoms with Gasteiger partial charge in [-0.1, -0.05) is 36.2 Å². The number of aryl methyl sites for hydroxylation is 2. The minimum atomic E-state index is 0.0341. The van der Waals surface area contributed by atoms with Gasteiger partial charge in [-0.25, -0.2) is 0 Å². The van der Waals surface area contributed by atoms with Crippen LogP contribution in [0.15, 0.2) is 18.2 Å². The molecule has 0 spiro atoms. The van der Waals surface area contributed by atoms with Crippen molar-refractivity contribution in [3.05, 3.63) is 34.9 Å². The summed E-state index contributed by atoms with van der Waals surface area (Å²) in [6, 6.07) is 6.63. The third-order valence-electron chi connectivity index (χ3n) is 3.44. The minimum absolute atomic E-state index is 0.0341. The van der Waals surface area contributed by atoms with Crippen LogP contribution in [-0.2, 0) is 6.54 Å². The Kier molecular flexibility index (Phi) is 5.16. The molecule has 0 amide bonds. The van der Waals surface area contributed by atoms with Crippen molar-refractivity contribution in [2.24, 2.45) is 0 Å². The number of nitrogens with one attached hydrogen (secondary N) is 1. The Morgan fingerprint density at radius 3 is 2.24 bits per heavy atom. The number of hydrogen-bond donors (Lipinski definition) is 2. The van der Waals surface area contributed by atoms with Gasteiger partial charge in [-0.15, -0.1) is 0 Å². The molecule has 0 aliphatic heterocycles. The predicted molar refractivity (Wildman–Crippen MR) is 73.2 cm³/mol. The summed E-state index contributed by atoms with van der Waals surface area (Å²) in [5.41, 5.74) is 3.97. The molecule has 0 radical (unpaired) electrons. The van der Waals surface area contributed by atoms with Crippen molar-refractivity contribution >= 4 is 0 Å². The van der Waals surface area contributed by atoms with Gasteiger partial charge in [0.1, 0.15) is 0 Å². The Morgan fingerprint density at radius 2 is 1.76 bits per heavy atom. The number of rotatable bonds is 6. The molecule has 2 nitrogen and oxygen atoms in total. The van der Waals surface area contributed by atoms with E-state index in [9.17, 15) is 0 Å². The first kappa shape index (κ1) is 14.2. The third kappa shape index (κ3) is 4.49. The van der Waals surface area contributed by atoms with Crippen LogP contribution in [0.4, 0.5) is 0 Å². The van der Waals surface area contributed by atoms with E-state index in [1.807, 2.05) is 0 Å². The summed E-state index contributed by atoms with van der Waals surface area (Å²) >= 11 is 0. The average Bonchev–Trinajstić information content (AvgIpc) is 2.26. The number of aliphatic hydroxyl groups is 1. The number of aliphatic hydroxyl groups excluding tert-OH is 1. The molecule has 1 aromatic rings. The second kappa shape index (κ2) is 6.18. The molecule has 1 aromatic carbocycles. The van der Waals surface area contributed by atoms with Gasteiger partial charge in [0.15, 0.2) is 0 Å². The summed E-state index contributed by atoms with van der Waals surface area (Å²) in [5.74, 6) is 0. The van der Waals surface area contributed by atoms with Crippen molar-refractivity contribution in [2.75, 3.05) is 6.61 Å². The normalized spacial score (nSPS) is 14.6. The van der Waals surface area contributed by atoms with Gasteiger partial charge in [-0.2, -0.15) is 0 Å². The first-order valence-electron chi connectivity index (χ1n) is 6.42. The lowest BCUT2D eigenvalue weighted by Gasteiger charge is -2.29. The maximum absolute atomic E-state index is 9.08. The zero-order valence-electron chi connectivity index (χ0n) is 11.5.